The molecule has 0 radical (unpaired) electrons. The van der Waals surface area contributed by atoms with Crippen LogP contribution >= 0.6 is 23.2 Å². The summed E-state index contributed by atoms with van der Waals surface area (Å²) in [6.07, 6.45) is 3.32. The largest absolute Gasteiger partial charge is 0.492 e. The summed E-state index contributed by atoms with van der Waals surface area (Å²) in [5, 5.41) is 4.86. The van der Waals surface area contributed by atoms with Gasteiger partial charge in [0.25, 0.3) is 0 Å². The molecule has 20 heavy (non-hydrogen) atoms. The molecular weight excluding hydrogens is 295 g/mol. The minimum atomic E-state index is 0.286. The molecule has 2 rings (SSSR count). The first-order chi connectivity index (χ1) is 9.58. The van der Waals surface area contributed by atoms with Gasteiger partial charge in [-0.25, -0.2) is 0 Å². The third-order valence-corrected chi connectivity index (χ3v) is 3.99. The highest BCUT2D eigenvalue weighted by atomic mass is 35.5. The number of rotatable bonds is 6. The maximum atomic E-state index is 6.19. The lowest BCUT2D eigenvalue weighted by molar-refractivity contribution is 0.252. The molecule has 1 aliphatic rings. The van der Waals surface area contributed by atoms with Gasteiger partial charge in [0.15, 0.2) is 0 Å². The first-order valence-electron chi connectivity index (χ1n) is 7.08. The molecule has 1 aromatic carbocycles. The van der Waals surface area contributed by atoms with Gasteiger partial charge in [0, 0.05) is 23.0 Å². The van der Waals surface area contributed by atoms with Crippen LogP contribution in [0.5, 0.6) is 5.75 Å². The zero-order chi connectivity index (χ0) is 14.5. The summed E-state index contributed by atoms with van der Waals surface area (Å²) in [5.41, 5.74) is 1.08. The van der Waals surface area contributed by atoms with Crippen molar-refractivity contribution in [2.24, 2.45) is 0 Å². The average Bonchev–Trinajstić information content (AvgIpc) is 2.38. The summed E-state index contributed by atoms with van der Waals surface area (Å²) in [4.78, 5) is 2.21. The molecule has 0 fully saturated rings. The molecular formula is C15H22Cl2N2O. The van der Waals surface area contributed by atoms with E-state index in [0.29, 0.717) is 16.7 Å². The summed E-state index contributed by atoms with van der Waals surface area (Å²) in [6.45, 7) is 2.83. The van der Waals surface area contributed by atoms with Crippen molar-refractivity contribution in [2.45, 2.75) is 25.3 Å². The molecule has 1 heterocycles. The number of hydrogen-bond donors (Lipinski definition) is 1. The van der Waals surface area contributed by atoms with Crippen LogP contribution in [0.25, 0.3) is 0 Å². The van der Waals surface area contributed by atoms with E-state index in [4.69, 9.17) is 27.9 Å². The van der Waals surface area contributed by atoms with Crippen LogP contribution in [0.15, 0.2) is 12.1 Å². The monoisotopic (exact) mass is 316 g/mol. The normalized spacial score (nSPS) is 17.9. The highest BCUT2D eigenvalue weighted by Gasteiger charge is 2.23. The maximum absolute atomic E-state index is 6.19. The Morgan fingerprint density at radius 3 is 2.85 bits per heavy atom. The van der Waals surface area contributed by atoms with E-state index in [9.17, 15) is 0 Å². The zero-order valence-electron chi connectivity index (χ0n) is 12.1. The Labute approximate surface area is 131 Å². The van der Waals surface area contributed by atoms with Crippen molar-refractivity contribution in [3.8, 4) is 5.75 Å². The van der Waals surface area contributed by atoms with Crippen LogP contribution in [-0.2, 0) is 0 Å². The Balaban J connectivity index is 1.92. The van der Waals surface area contributed by atoms with Crippen LogP contribution in [0.4, 0.5) is 0 Å². The molecule has 0 amide bonds. The fraction of sp³-hybridized carbons (Fsp3) is 0.600. The number of nitrogens with zero attached hydrogens (tertiary/aromatic N) is 1. The molecule has 1 aromatic rings. The molecule has 0 aliphatic carbocycles. The van der Waals surface area contributed by atoms with E-state index in [-0.39, 0.29) is 6.04 Å². The Hall–Kier alpha value is -0.480. The van der Waals surface area contributed by atoms with Gasteiger partial charge in [0.05, 0.1) is 11.6 Å². The van der Waals surface area contributed by atoms with Gasteiger partial charge >= 0.3 is 0 Å². The van der Waals surface area contributed by atoms with E-state index in [0.717, 1.165) is 30.8 Å². The molecule has 1 N–H and O–H groups in total. The van der Waals surface area contributed by atoms with E-state index < -0.39 is 0 Å². The molecule has 0 spiro atoms. The van der Waals surface area contributed by atoms with Crippen molar-refractivity contribution in [1.29, 1.82) is 0 Å². The van der Waals surface area contributed by atoms with E-state index in [2.05, 4.69) is 24.3 Å². The van der Waals surface area contributed by atoms with Crippen molar-refractivity contribution in [1.82, 2.24) is 10.2 Å². The fourth-order valence-electron chi connectivity index (χ4n) is 2.47. The third kappa shape index (κ3) is 4.26. The summed E-state index contributed by atoms with van der Waals surface area (Å²) in [5.74, 6) is 0.785. The summed E-state index contributed by atoms with van der Waals surface area (Å²) < 4.78 is 5.66. The summed E-state index contributed by atoms with van der Waals surface area (Å²) >= 11 is 12.3. The Bertz CT molecular complexity index is 452. The Kier molecular flexibility index (Phi) is 5.97. The number of fused-ring (bicyclic) bond motifs is 1. The Morgan fingerprint density at radius 2 is 2.10 bits per heavy atom. The van der Waals surface area contributed by atoms with Crippen LogP contribution in [0.3, 0.4) is 0 Å². The number of nitrogens with one attached hydrogen (secondary N) is 1. The van der Waals surface area contributed by atoms with Crippen molar-refractivity contribution in [3.63, 3.8) is 0 Å². The summed E-state index contributed by atoms with van der Waals surface area (Å²) in [7, 11) is 4.21. The first-order valence-corrected chi connectivity index (χ1v) is 7.83. The SMILES string of the molecule is CN(C)CCCCNC1CCOc2c(Cl)cc(Cl)cc21. The molecule has 0 bridgehead atoms. The molecule has 112 valence electrons. The standard InChI is InChI=1S/C15H22Cl2N2O/c1-19(2)7-4-3-6-18-14-5-8-20-15-12(14)9-11(16)10-13(15)17/h9-10,14,18H,3-8H2,1-2H3. The van der Waals surface area contributed by atoms with E-state index in [1.807, 2.05) is 6.07 Å². The fourth-order valence-corrected chi connectivity index (χ4v) is 3.03. The molecule has 0 aromatic heterocycles. The van der Waals surface area contributed by atoms with Crippen LogP contribution in [0.2, 0.25) is 10.0 Å². The van der Waals surface area contributed by atoms with Crippen LogP contribution < -0.4 is 10.1 Å². The number of halogens is 2. The van der Waals surface area contributed by atoms with Gasteiger partial charge in [-0.05, 0) is 52.2 Å². The molecule has 0 saturated heterocycles. The molecule has 1 atom stereocenters. The average molecular weight is 317 g/mol. The van der Waals surface area contributed by atoms with Gasteiger partial charge in [-0.2, -0.15) is 0 Å². The Morgan fingerprint density at radius 1 is 1.30 bits per heavy atom. The van der Waals surface area contributed by atoms with Crippen LogP contribution in [0, 0.1) is 0 Å². The molecule has 0 saturated carbocycles. The van der Waals surface area contributed by atoms with Gasteiger partial charge in [-0.1, -0.05) is 23.2 Å². The quantitative estimate of drug-likeness (QED) is 0.809. The van der Waals surface area contributed by atoms with Gasteiger partial charge < -0.3 is 15.0 Å². The van der Waals surface area contributed by atoms with Crippen molar-refractivity contribution in [3.05, 3.63) is 27.7 Å². The number of hydrogen-bond acceptors (Lipinski definition) is 3. The second kappa shape index (κ2) is 7.51. The maximum Gasteiger partial charge on any atom is 0.142 e. The number of benzene rings is 1. The smallest absolute Gasteiger partial charge is 0.142 e. The van der Waals surface area contributed by atoms with E-state index in [1.54, 1.807) is 6.07 Å². The molecule has 1 aliphatic heterocycles. The molecule has 1 unspecified atom stereocenters. The lowest BCUT2D eigenvalue weighted by Crippen LogP contribution is -2.28. The van der Waals surface area contributed by atoms with Crippen molar-refractivity contribution in [2.75, 3.05) is 33.8 Å². The van der Waals surface area contributed by atoms with Gasteiger partial charge in [0.1, 0.15) is 5.75 Å². The lowest BCUT2D eigenvalue weighted by atomic mass is 10.0. The topological polar surface area (TPSA) is 24.5 Å². The first kappa shape index (κ1) is 15.9. The zero-order valence-corrected chi connectivity index (χ0v) is 13.6. The van der Waals surface area contributed by atoms with Crippen molar-refractivity contribution < 1.29 is 4.74 Å². The molecule has 3 nitrogen and oxygen atoms in total. The van der Waals surface area contributed by atoms with E-state index >= 15 is 0 Å². The number of ether oxygens (including phenoxy) is 1. The minimum Gasteiger partial charge on any atom is -0.492 e. The summed E-state index contributed by atoms with van der Waals surface area (Å²) in [6, 6.07) is 3.98. The van der Waals surface area contributed by atoms with Gasteiger partial charge in [-0.15, -0.1) is 0 Å². The second-order valence-electron chi connectivity index (χ2n) is 5.46. The van der Waals surface area contributed by atoms with Crippen molar-refractivity contribution >= 4 is 23.2 Å². The predicted molar refractivity (Wildman–Crippen MR) is 85.1 cm³/mol. The van der Waals surface area contributed by atoms with Gasteiger partial charge in [0.2, 0.25) is 0 Å². The minimum absolute atomic E-state index is 0.286. The highest BCUT2D eigenvalue weighted by molar-refractivity contribution is 6.35. The molecule has 5 heteroatoms. The van der Waals surface area contributed by atoms with Gasteiger partial charge in [-0.3, -0.25) is 0 Å². The second-order valence-corrected chi connectivity index (χ2v) is 6.30. The highest BCUT2D eigenvalue weighted by Crippen LogP contribution is 2.39. The lowest BCUT2D eigenvalue weighted by Gasteiger charge is -2.28. The van der Waals surface area contributed by atoms with E-state index in [1.165, 1.54) is 12.8 Å². The van der Waals surface area contributed by atoms with Crippen LogP contribution in [0.1, 0.15) is 30.9 Å². The predicted octanol–water partition coefficient (Wildman–Crippen LogP) is 3.75. The number of unbranched alkanes of at least 4 members (excludes halogenated alkanes) is 1. The third-order valence-electron chi connectivity index (χ3n) is 3.49. The van der Waals surface area contributed by atoms with Crippen LogP contribution in [-0.4, -0.2) is 38.7 Å².